The molecule has 1 amide bonds. The van der Waals surface area contributed by atoms with Gasteiger partial charge in [-0.05, 0) is 36.2 Å². The fraction of sp³-hybridized carbons (Fsp3) is 0.182. The molecule has 0 spiro atoms. The molecule has 0 radical (unpaired) electrons. The zero-order valence-electron chi connectivity index (χ0n) is 16.0. The molecule has 2 N–H and O–H groups in total. The molecule has 0 aliphatic carbocycles. The Morgan fingerprint density at radius 1 is 1.10 bits per heavy atom. The van der Waals surface area contributed by atoms with Gasteiger partial charge in [0.25, 0.3) is 0 Å². The van der Waals surface area contributed by atoms with E-state index in [0.717, 1.165) is 17.2 Å². The number of hydrogen-bond donors (Lipinski definition) is 1. The lowest BCUT2D eigenvalue weighted by Crippen LogP contribution is -2.35. The Labute approximate surface area is 178 Å². The van der Waals surface area contributed by atoms with Gasteiger partial charge in [-0.25, -0.2) is 13.8 Å². The summed E-state index contributed by atoms with van der Waals surface area (Å²) in [5, 5.41) is 0. The molecule has 1 aliphatic rings. The lowest BCUT2D eigenvalue weighted by atomic mass is 9.99. The minimum Gasteiger partial charge on any atom is -0.439 e. The zero-order chi connectivity index (χ0) is 20.4. The maximum Gasteiger partial charge on any atom is 0.227 e. The molecule has 30 heavy (non-hydrogen) atoms. The van der Waals surface area contributed by atoms with Crippen molar-refractivity contribution in [3.05, 3.63) is 83.1 Å². The number of amides is 1. The Bertz CT molecular complexity index is 1080. The van der Waals surface area contributed by atoms with Crippen LogP contribution in [0.3, 0.4) is 0 Å². The number of carbonyl (C=O) groups is 1. The molecule has 2 heterocycles. The summed E-state index contributed by atoms with van der Waals surface area (Å²) >= 11 is 0. The first-order valence-electron chi connectivity index (χ1n) is 9.24. The van der Waals surface area contributed by atoms with Crippen molar-refractivity contribution in [2.24, 2.45) is 5.73 Å². The molecule has 0 unspecified atom stereocenters. The summed E-state index contributed by atoms with van der Waals surface area (Å²) in [6.45, 7) is 0.388. The van der Waals surface area contributed by atoms with Gasteiger partial charge in [0.05, 0.1) is 12.2 Å². The molecule has 156 valence electrons. The first-order valence-corrected chi connectivity index (χ1v) is 9.24. The van der Waals surface area contributed by atoms with Gasteiger partial charge in [0.15, 0.2) is 0 Å². The van der Waals surface area contributed by atoms with E-state index in [1.807, 2.05) is 12.1 Å². The van der Waals surface area contributed by atoms with Crippen molar-refractivity contribution in [3.8, 4) is 11.6 Å². The Morgan fingerprint density at radius 2 is 1.93 bits per heavy atom. The third-order valence-corrected chi connectivity index (χ3v) is 4.88. The van der Waals surface area contributed by atoms with Crippen molar-refractivity contribution in [1.82, 2.24) is 4.98 Å². The van der Waals surface area contributed by atoms with Gasteiger partial charge >= 0.3 is 0 Å². The summed E-state index contributed by atoms with van der Waals surface area (Å²) in [5.41, 5.74) is 8.30. The summed E-state index contributed by atoms with van der Waals surface area (Å²) in [4.78, 5) is 18.3. The van der Waals surface area contributed by atoms with Crippen molar-refractivity contribution >= 4 is 24.0 Å². The molecule has 0 saturated carbocycles. The third-order valence-electron chi connectivity index (χ3n) is 4.88. The zero-order valence-corrected chi connectivity index (χ0v) is 16.8. The SMILES string of the molecule is Cl.NCc1ccnc(Oc2cccc3c2CCC(=O)N3Cc2ccc(F)cc2F)c1. The predicted molar refractivity (Wildman–Crippen MR) is 112 cm³/mol. The maximum atomic E-state index is 14.1. The average Bonchev–Trinajstić information content (AvgIpc) is 2.72. The Morgan fingerprint density at radius 3 is 2.70 bits per heavy atom. The summed E-state index contributed by atoms with van der Waals surface area (Å²) in [7, 11) is 0. The fourth-order valence-corrected chi connectivity index (χ4v) is 3.39. The van der Waals surface area contributed by atoms with Crippen molar-refractivity contribution in [3.63, 3.8) is 0 Å². The normalized spacial score (nSPS) is 12.9. The molecule has 1 aliphatic heterocycles. The van der Waals surface area contributed by atoms with Crippen LogP contribution in [0.25, 0.3) is 0 Å². The number of carbonyl (C=O) groups excluding carboxylic acids is 1. The highest BCUT2D eigenvalue weighted by atomic mass is 35.5. The lowest BCUT2D eigenvalue weighted by Gasteiger charge is -2.30. The third kappa shape index (κ3) is 4.42. The van der Waals surface area contributed by atoms with E-state index >= 15 is 0 Å². The van der Waals surface area contributed by atoms with Crippen molar-refractivity contribution in [1.29, 1.82) is 0 Å². The molecule has 4 rings (SSSR count). The summed E-state index contributed by atoms with van der Waals surface area (Å²) in [5.74, 6) is -0.461. The van der Waals surface area contributed by atoms with Crippen LogP contribution in [0.4, 0.5) is 14.5 Å². The first-order chi connectivity index (χ1) is 14.0. The van der Waals surface area contributed by atoms with Crippen LogP contribution in [0.2, 0.25) is 0 Å². The van der Waals surface area contributed by atoms with Gasteiger partial charge in [0, 0.05) is 42.4 Å². The number of fused-ring (bicyclic) bond motifs is 1. The van der Waals surface area contributed by atoms with Crippen LogP contribution in [0.5, 0.6) is 11.6 Å². The van der Waals surface area contributed by atoms with Crippen LogP contribution in [0.15, 0.2) is 54.7 Å². The number of benzene rings is 2. The quantitative estimate of drug-likeness (QED) is 0.645. The van der Waals surface area contributed by atoms with Crippen LogP contribution in [-0.2, 0) is 24.3 Å². The van der Waals surface area contributed by atoms with E-state index in [-0.39, 0.29) is 36.8 Å². The molecular formula is C22H20ClF2N3O2. The van der Waals surface area contributed by atoms with Gasteiger partial charge in [-0.2, -0.15) is 0 Å². The topological polar surface area (TPSA) is 68.5 Å². The van der Waals surface area contributed by atoms with E-state index in [2.05, 4.69) is 4.98 Å². The number of hydrogen-bond acceptors (Lipinski definition) is 4. The largest absolute Gasteiger partial charge is 0.439 e. The molecular weight excluding hydrogens is 412 g/mol. The van der Waals surface area contributed by atoms with Crippen LogP contribution < -0.4 is 15.4 Å². The molecule has 0 atom stereocenters. The van der Waals surface area contributed by atoms with Gasteiger partial charge < -0.3 is 15.4 Å². The first kappa shape index (κ1) is 21.7. The molecule has 0 saturated heterocycles. The van der Waals surface area contributed by atoms with Gasteiger partial charge in [0.1, 0.15) is 17.4 Å². The number of pyridine rings is 1. The number of nitrogens with two attached hydrogens (primary N) is 1. The summed E-state index contributed by atoms with van der Waals surface area (Å²) in [6.07, 6.45) is 2.40. The Balaban J connectivity index is 0.00000256. The van der Waals surface area contributed by atoms with Gasteiger partial charge in [-0.15, -0.1) is 12.4 Å². The van der Waals surface area contributed by atoms with Gasteiger partial charge in [0.2, 0.25) is 11.8 Å². The predicted octanol–water partition coefficient (Wildman–Crippen LogP) is 4.51. The van der Waals surface area contributed by atoms with Crippen LogP contribution >= 0.6 is 12.4 Å². The molecule has 8 heteroatoms. The minimum atomic E-state index is -0.680. The lowest BCUT2D eigenvalue weighted by molar-refractivity contribution is -0.119. The number of anilines is 1. The van der Waals surface area contributed by atoms with Crippen LogP contribution in [0, 0.1) is 11.6 Å². The van der Waals surface area contributed by atoms with E-state index in [9.17, 15) is 13.6 Å². The van der Waals surface area contributed by atoms with Crippen LogP contribution in [0.1, 0.15) is 23.1 Å². The molecule has 5 nitrogen and oxygen atoms in total. The van der Waals surface area contributed by atoms with Crippen molar-refractivity contribution < 1.29 is 18.3 Å². The number of rotatable bonds is 5. The standard InChI is InChI=1S/C22H19F2N3O2.ClH/c23-16-5-4-15(18(24)11-16)13-27-19-2-1-3-20(17(19)6-7-22(27)28)29-21-10-14(12-25)8-9-26-21;/h1-5,8-11H,6-7,12-13,25H2;1H. The highest BCUT2D eigenvalue weighted by molar-refractivity contribution is 5.96. The Hall–Kier alpha value is -3.03. The summed E-state index contributed by atoms with van der Waals surface area (Å²) < 4.78 is 33.3. The van der Waals surface area contributed by atoms with Gasteiger partial charge in [-0.3, -0.25) is 4.79 Å². The molecule has 1 aromatic heterocycles. The van der Waals surface area contributed by atoms with E-state index in [1.165, 1.54) is 17.0 Å². The van der Waals surface area contributed by atoms with E-state index in [4.69, 9.17) is 10.5 Å². The van der Waals surface area contributed by atoms with Gasteiger partial charge in [-0.1, -0.05) is 12.1 Å². The second-order valence-electron chi connectivity index (χ2n) is 6.78. The van der Waals surface area contributed by atoms with Crippen molar-refractivity contribution in [2.75, 3.05) is 4.90 Å². The number of ether oxygens (including phenoxy) is 1. The van der Waals surface area contributed by atoms with E-state index in [0.29, 0.717) is 30.3 Å². The average molecular weight is 432 g/mol. The molecule has 3 aromatic rings. The minimum absolute atomic E-state index is 0. The second-order valence-corrected chi connectivity index (χ2v) is 6.78. The molecule has 2 aromatic carbocycles. The molecule has 0 bridgehead atoms. The monoisotopic (exact) mass is 431 g/mol. The highest BCUT2D eigenvalue weighted by Gasteiger charge is 2.27. The summed E-state index contributed by atoms with van der Waals surface area (Å²) in [6, 6.07) is 12.3. The maximum absolute atomic E-state index is 14.1. The highest BCUT2D eigenvalue weighted by Crippen LogP contribution is 2.37. The number of aromatic nitrogens is 1. The Kier molecular flexibility index (Phi) is 6.64. The second kappa shape index (κ2) is 9.19. The van der Waals surface area contributed by atoms with E-state index in [1.54, 1.807) is 24.4 Å². The van der Waals surface area contributed by atoms with Crippen LogP contribution in [-0.4, -0.2) is 10.9 Å². The fourth-order valence-electron chi connectivity index (χ4n) is 3.39. The molecule has 0 fully saturated rings. The number of nitrogens with zero attached hydrogens (tertiary/aromatic N) is 2. The van der Waals surface area contributed by atoms with Crippen molar-refractivity contribution in [2.45, 2.75) is 25.9 Å². The smallest absolute Gasteiger partial charge is 0.227 e. The van der Waals surface area contributed by atoms with E-state index < -0.39 is 11.6 Å². The number of halogens is 3.